The Morgan fingerprint density at radius 2 is 1.89 bits per heavy atom. The summed E-state index contributed by atoms with van der Waals surface area (Å²) in [6, 6.07) is 0.537. The van der Waals surface area contributed by atoms with Gasteiger partial charge < -0.3 is 5.32 Å². The standard InChI is InChI=1S/C8H9N/c1-2-4-8-7(3-1)5-6-9-8/h1-9H. The molecule has 1 aliphatic carbocycles. The summed E-state index contributed by atoms with van der Waals surface area (Å²) < 4.78 is 0. The van der Waals surface area contributed by atoms with Gasteiger partial charge >= 0.3 is 0 Å². The quantitative estimate of drug-likeness (QED) is 0.505. The molecule has 0 aromatic rings. The van der Waals surface area contributed by atoms with Gasteiger partial charge in [-0.1, -0.05) is 30.4 Å². The van der Waals surface area contributed by atoms with Gasteiger partial charge in [-0.25, -0.2) is 0 Å². The van der Waals surface area contributed by atoms with Crippen molar-refractivity contribution in [3.05, 3.63) is 36.6 Å². The fourth-order valence-electron chi connectivity index (χ4n) is 1.25. The molecule has 2 rings (SSSR count). The van der Waals surface area contributed by atoms with Crippen LogP contribution in [-0.4, -0.2) is 6.04 Å². The topological polar surface area (TPSA) is 12.0 Å². The first-order chi connectivity index (χ1) is 4.47. The fraction of sp³-hybridized carbons (Fsp3) is 0.250. The summed E-state index contributed by atoms with van der Waals surface area (Å²) in [6.07, 6.45) is 12.8. The lowest BCUT2D eigenvalue weighted by atomic mass is 9.98. The Hall–Kier alpha value is -0.980. The molecule has 2 atom stereocenters. The molecule has 2 aliphatic rings. The average Bonchev–Trinajstić information content (AvgIpc) is 2.33. The Balaban J connectivity index is 2.25. The van der Waals surface area contributed by atoms with Crippen LogP contribution >= 0.6 is 0 Å². The second-order valence-corrected chi connectivity index (χ2v) is 2.40. The van der Waals surface area contributed by atoms with Crippen molar-refractivity contribution < 1.29 is 0 Å². The van der Waals surface area contributed by atoms with Crippen LogP contribution in [0, 0.1) is 5.92 Å². The Kier molecular flexibility index (Phi) is 0.950. The van der Waals surface area contributed by atoms with Crippen LogP contribution < -0.4 is 5.32 Å². The molecular formula is C8H9N. The van der Waals surface area contributed by atoms with Crippen molar-refractivity contribution in [1.82, 2.24) is 5.32 Å². The van der Waals surface area contributed by atoms with Gasteiger partial charge in [0.1, 0.15) is 0 Å². The van der Waals surface area contributed by atoms with Gasteiger partial charge in [0.2, 0.25) is 0 Å². The van der Waals surface area contributed by atoms with E-state index in [1.165, 1.54) is 0 Å². The van der Waals surface area contributed by atoms with E-state index in [0.717, 1.165) is 0 Å². The van der Waals surface area contributed by atoms with E-state index in [4.69, 9.17) is 0 Å². The Morgan fingerprint density at radius 1 is 1.00 bits per heavy atom. The molecule has 1 heterocycles. The molecule has 2 unspecified atom stereocenters. The third-order valence-corrected chi connectivity index (χ3v) is 1.78. The number of rotatable bonds is 0. The molecule has 0 saturated carbocycles. The third kappa shape index (κ3) is 0.689. The van der Waals surface area contributed by atoms with Gasteiger partial charge in [-0.15, -0.1) is 0 Å². The van der Waals surface area contributed by atoms with Gasteiger partial charge in [-0.3, -0.25) is 0 Å². The number of allylic oxidation sites excluding steroid dienone is 2. The van der Waals surface area contributed by atoms with Crippen molar-refractivity contribution in [3.63, 3.8) is 0 Å². The van der Waals surface area contributed by atoms with Crippen molar-refractivity contribution in [1.29, 1.82) is 0 Å². The molecule has 46 valence electrons. The first-order valence-electron chi connectivity index (χ1n) is 3.24. The second kappa shape index (κ2) is 1.76. The number of nitrogens with one attached hydrogen (secondary N) is 1. The van der Waals surface area contributed by atoms with Crippen LogP contribution in [0.2, 0.25) is 0 Å². The Morgan fingerprint density at radius 3 is 2.78 bits per heavy atom. The summed E-state index contributed by atoms with van der Waals surface area (Å²) in [4.78, 5) is 0. The summed E-state index contributed by atoms with van der Waals surface area (Å²) in [5.74, 6) is 0.606. The average molecular weight is 119 g/mol. The maximum absolute atomic E-state index is 3.24. The van der Waals surface area contributed by atoms with E-state index >= 15 is 0 Å². The van der Waals surface area contributed by atoms with Gasteiger partial charge in [0.05, 0.1) is 6.04 Å². The lowest BCUT2D eigenvalue weighted by Gasteiger charge is -2.14. The van der Waals surface area contributed by atoms with Crippen molar-refractivity contribution >= 4 is 0 Å². The molecule has 1 N–H and O–H groups in total. The lowest BCUT2D eigenvalue weighted by Crippen LogP contribution is -2.23. The van der Waals surface area contributed by atoms with Gasteiger partial charge in [-0.2, -0.15) is 0 Å². The third-order valence-electron chi connectivity index (χ3n) is 1.78. The summed E-state index contributed by atoms with van der Waals surface area (Å²) >= 11 is 0. The second-order valence-electron chi connectivity index (χ2n) is 2.40. The predicted molar refractivity (Wildman–Crippen MR) is 37.8 cm³/mol. The van der Waals surface area contributed by atoms with Crippen LogP contribution in [0.3, 0.4) is 0 Å². The largest absolute Gasteiger partial charge is 0.384 e. The Bertz CT molecular complexity index is 189. The van der Waals surface area contributed by atoms with E-state index in [2.05, 4.69) is 35.7 Å². The van der Waals surface area contributed by atoms with Crippen LogP contribution in [0.5, 0.6) is 0 Å². The Labute approximate surface area is 54.8 Å². The minimum Gasteiger partial charge on any atom is -0.384 e. The molecule has 0 radical (unpaired) electrons. The molecule has 0 fully saturated rings. The van der Waals surface area contributed by atoms with Gasteiger partial charge in [0.25, 0.3) is 0 Å². The molecule has 1 nitrogen and oxygen atoms in total. The monoisotopic (exact) mass is 119 g/mol. The van der Waals surface area contributed by atoms with Crippen LogP contribution in [0.1, 0.15) is 0 Å². The summed E-state index contributed by atoms with van der Waals surface area (Å²) in [5.41, 5.74) is 0. The molecular weight excluding hydrogens is 110 g/mol. The normalized spacial score (nSPS) is 36.4. The molecule has 0 aromatic carbocycles. The number of fused-ring (bicyclic) bond motifs is 1. The van der Waals surface area contributed by atoms with E-state index in [1.807, 2.05) is 6.20 Å². The lowest BCUT2D eigenvalue weighted by molar-refractivity contribution is 0.649. The molecule has 9 heavy (non-hydrogen) atoms. The van der Waals surface area contributed by atoms with E-state index in [-0.39, 0.29) is 0 Å². The minimum absolute atomic E-state index is 0.537. The zero-order chi connectivity index (χ0) is 6.10. The number of hydrogen-bond donors (Lipinski definition) is 1. The molecule has 0 amide bonds. The SMILES string of the molecule is C1=CC2C=CNC2C=C1. The molecule has 0 saturated heterocycles. The van der Waals surface area contributed by atoms with Crippen LogP contribution in [0.4, 0.5) is 0 Å². The van der Waals surface area contributed by atoms with Crippen LogP contribution in [0.25, 0.3) is 0 Å². The molecule has 0 bridgehead atoms. The van der Waals surface area contributed by atoms with Gasteiger partial charge in [0.15, 0.2) is 0 Å². The van der Waals surface area contributed by atoms with Crippen LogP contribution in [0.15, 0.2) is 36.6 Å². The van der Waals surface area contributed by atoms with E-state index in [1.54, 1.807) is 0 Å². The molecule has 1 aliphatic heterocycles. The zero-order valence-electron chi connectivity index (χ0n) is 5.12. The summed E-state index contributed by atoms with van der Waals surface area (Å²) in [7, 11) is 0. The van der Waals surface area contributed by atoms with Crippen molar-refractivity contribution in [2.24, 2.45) is 5.92 Å². The first kappa shape index (κ1) is 4.86. The highest BCUT2D eigenvalue weighted by Gasteiger charge is 2.17. The van der Waals surface area contributed by atoms with E-state index < -0.39 is 0 Å². The summed E-state index contributed by atoms with van der Waals surface area (Å²) in [5, 5.41) is 3.24. The maximum Gasteiger partial charge on any atom is 0.0540 e. The fourth-order valence-corrected chi connectivity index (χ4v) is 1.25. The van der Waals surface area contributed by atoms with Crippen LogP contribution in [-0.2, 0) is 0 Å². The molecule has 0 aromatic heterocycles. The minimum atomic E-state index is 0.537. The van der Waals surface area contributed by atoms with E-state index in [9.17, 15) is 0 Å². The highest BCUT2D eigenvalue weighted by molar-refractivity contribution is 5.25. The highest BCUT2D eigenvalue weighted by Crippen LogP contribution is 2.17. The predicted octanol–water partition coefficient (Wildman–Crippen LogP) is 1.21. The maximum atomic E-state index is 3.24. The van der Waals surface area contributed by atoms with E-state index in [0.29, 0.717) is 12.0 Å². The van der Waals surface area contributed by atoms with Gasteiger partial charge in [-0.05, 0) is 6.20 Å². The highest BCUT2D eigenvalue weighted by atomic mass is 14.9. The molecule has 1 heteroatoms. The first-order valence-corrected chi connectivity index (χ1v) is 3.24. The van der Waals surface area contributed by atoms with Crippen molar-refractivity contribution in [3.8, 4) is 0 Å². The molecule has 0 spiro atoms. The summed E-state index contributed by atoms with van der Waals surface area (Å²) in [6.45, 7) is 0. The van der Waals surface area contributed by atoms with Crippen molar-refractivity contribution in [2.75, 3.05) is 0 Å². The van der Waals surface area contributed by atoms with Gasteiger partial charge in [0, 0.05) is 5.92 Å². The number of hydrogen-bond acceptors (Lipinski definition) is 1. The smallest absolute Gasteiger partial charge is 0.0540 e. The zero-order valence-corrected chi connectivity index (χ0v) is 5.12. The van der Waals surface area contributed by atoms with Crippen molar-refractivity contribution in [2.45, 2.75) is 6.04 Å².